The summed E-state index contributed by atoms with van der Waals surface area (Å²) in [5.74, 6) is 0.378. The Kier molecular flexibility index (Phi) is 5.10. The van der Waals surface area contributed by atoms with Crippen molar-refractivity contribution in [3.05, 3.63) is 34.4 Å². The summed E-state index contributed by atoms with van der Waals surface area (Å²) in [6, 6.07) is 5.52. The quantitative estimate of drug-likeness (QED) is 0.359. The summed E-state index contributed by atoms with van der Waals surface area (Å²) in [7, 11) is -3.46. The Morgan fingerprint density at radius 3 is 2.28 bits per heavy atom. The van der Waals surface area contributed by atoms with Gasteiger partial charge in [0.15, 0.2) is 0 Å². The number of non-ortho nitro benzene ring substituents is 1. The predicted octanol–water partition coefficient (Wildman–Crippen LogP) is 2.06. The molecule has 7 nitrogen and oxygen atoms in total. The molecule has 0 aliphatic carbocycles. The van der Waals surface area contributed by atoms with Crippen LogP contribution >= 0.6 is 19.2 Å². The first-order valence-corrected chi connectivity index (χ1v) is 7.45. The molecule has 9 heteroatoms. The van der Waals surface area contributed by atoms with Crippen molar-refractivity contribution in [2.75, 3.05) is 17.1 Å². The fraction of sp³-hybridized carbons (Fsp3) is 0.333. The maximum Gasteiger partial charge on any atom is 0.300 e. The van der Waals surface area contributed by atoms with E-state index < -0.39 is 12.5 Å². The Bertz CT molecular complexity index is 461. The van der Waals surface area contributed by atoms with Gasteiger partial charge >= 0.3 is 7.59 Å². The minimum absolute atomic E-state index is 0.0556. The monoisotopic (exact) mass is 292 g/mol. The zero-order chi connectivity index (χ0) is 13.8. The molecule has 0 aromatic heterocycles. The summed E-state index contributed by atoms with van der Waals surface area (Å²) >= 11 is 5.56. The first kappa shape index (κ1) is 14.9. The van der Waals surface area contributed by atoms with E-state index in [-0.39, 0.29) is 5.69 Å². The second-order valence-electron chi connectivity index (χ2n) is 3.61. The predicted molar refractivity (Wildman–Crippen MR) is 71.8 cm³/mol. The first-order chi connectivity index (χ1) is 8.36. The van der Waals surface area contributed by atoms with Crippen LogP contribution in [0.2, 0.25) is 0 Å². The molecule has 0 aliphatic heterocycles. The summed E-state index contributed by atoms with van der Waals surface area (Å²) in [4.78, 5) is 10.0. The van der Waals surface area contributed by atoms with E-state index in [1.807, 2.05) is 0 Å². The number of halogens is 1. The maximum absolute atomic E-state index is 11.7. The van der Waals surface area contributed by atoms with Crippen molar-refractivity contribution in [1.29, 1.82) is 0 Å². The fourth-order valence-electron chi connectivity index (χ4n) is 1.42. The molecule has 0 radical (unpaired) electrons. The molecular weight excluding hydrogens is 279 g/mol. The van der Waals surface area contributed by atoms with E-state index in [1.54, 1.807) is 0 Å². The zero-order valence-electron chi connectivity index (χ0n) is 9.53. The van der Waals surface area contributed by atoms with Gasteiger partial charge in [0.2, 0.25) is 0 Å². The lowest BCUT2D eigenvalue weighted by Gasteiger charge is -2.27. The number of alkyl halides is 1. The fourth-order valence-corrected chi connectivity index (χ4v) is 2.49. The summed E-state index contributed by atoms with van der Waals surface area (Å²) in [5, 5.41) is 10.5. The van der Waals surface area contributed by atoms with Gasteiger partial charge in [-0.15, -0.1) is 11.6 Å². The molecule has 0 spiro atoms. The normalized spacial score (nSPS) is 11.3. The van der Waals surface area contributed by atoms with E-state index in [9.17, 15) is 14.7 Å². The van der Waals surface area contributed by atoms with Gasteiger partial charge in [0.05, 0.1) is 4.92 Å². The first-order valence-electron chi connectivity index (χ1n) is 5.12. The third kappa shape index (κ3) is 3.96. The number of hydrogen-bond donors (Lipinski definition) is 2. The number of rotatable bonds is 6. The van der Waals surface area contributed by atoms with Crippen molar-refractivity contribution >= 4 is 30.6 Å². The molecule has 18 heavy (non-hydrogen) atoms. The summed E-state index contributed by atoms with van der Waals surface area (Å²) in [6.45, 7) is 0.325. The van der Waals surface area contributed by atoms with E-state index in [0.717, 1.165) is 0 Å². The van der Waals surface area contributed by atoms with Crippen LogP contribution in [-0.4, -0.2) is 17.3 Å². The molecule has 0 aliphatic rings. The van der Waals surface area contributed by atoms with Crippen LogP contribution in [0.15, 0.2) is 24.3 Å². The number of hydrogen-bond acceptors (Lipinski definition) is 3. The molecule has 1 aromatic carbocycles. The van der Waals surface area contributed by atoms with Gasteiger partial charge in [-0.1, -0.05) is 0 Å². The second-order valence-corrected chi connectivity index (χ2v) is 5.82. The van der Waals surface area contributed by atoms with Crippen LogP contribution in [0.4, 0.5) is 11.4 Å². The highest BCUT2D eigenvalue weighted by Gasteiger charge is 2.21. The molecule has 0 atom stereocenters. The summed E-state index contributed by atoms with van der Waals surface area (Å²) < 4.78 is 13.1. The van der Waals surface area contributed by atoms with Crippen LogP contribution in [0, 0.1) is 10.1 Å². The van der Waals surface area contributed by atoms with Gasteiger partial charge < -0.3 is 0 Å². The average Bonchev–Trinajstić information content (AvgIpc) is 2.28. The van der Waals surface area contributed by atoms with Gasteiger partial charge in [0, 0.05) is 30.2 Å². The van der Waals surface area contributed by atoms with E-state index in [1.165, 1.54) is 28.9 Å². The zero-order valence-corrected chi connectivity index (χ0v) is 11.2. The molecule has 0 heterocycles. The third-order valence-corrected chi connectivity index (χ3v) is 3.69. The molecule has 0 fully saturated rings. The van der Waals surface area contributed by atoms with E-state index in [4.69, 9.17) is 22.6 Å². The lowest BCUT2D eigenvalue weighted by molar-refractivity contribution is -0.384. The van der Waals surface area contributed by atoms with Crippen LogP contribution in [0.1, 0.15) is 6.42 Å². The SMILES string of the molecule is NP(N)(=O)N(CCCCl)c1ccc([N+](=O)[O-])cc1. The molecule has 0 saturated carbocycles. The van der Waals surface area contributed by atoms with Crippen LogP contribution < -0.4 is 15.7 Å². The van der Waals surface area contributed by atoms with Crippen LogP contribution in [0.5, 0.6) is 0 Å². The summed E-state index contributed by atoms with van der Waals surface area (Å²) in [6.07, 6.45) is 0.553. The minimum Gasteiger partial charge on any atom is -0.300 e. The van der Waals surface area contributed by atoms with Crippen molar-refractivity contribution in [3.63, 3.8) is 0 Å². The number of benzene rings is 1. The third-order valence-electron chi connectivity index (χ3n) is 2.24. The Labute approximate surface area is 109 Å². The average molecular weight is 293 g/mol. The van der Waals surface area contributed by atoms with E-state index in [2.05, 4.69) is 0 Å². The Balaban J connectivity index is 2.98. The van der Waals surface area contributed by atoms with Crippen LogP contribution in [-0.2, 0) is 4.57 Å². The Morgan fingerprint density at radius 2 is 1.89 bits per heavy atom. The smallest absolute Gasteiger partial charge is 0.300 e. The molecule has 4 N–H and O–H groups in total. The Hall–Kier alpha value is -1.14. The second kappa shape index (κ2) is 6.15. The number of anilines is 1. The topological polar surface area (TPSA) is 115 Å². The van der Waals surface area contributed by atoms with Gasteiger partial charge in [0.25, 0.3) is 5.69 Å². The molecule has 0 unspecified atom stereocenters. The van der Waals surface area contributed by atoms with Gasteiger partial charge in [-0.25, -0.2) is 0 Å². The highest BCUT2D eigenvalue weighted by atomic mass is 35.5. The van der Waals surface area contributed by atoms with E-state index in [0.29, 0.717) is 24.5 Å². The molecule has 1 rings (SSSR count). The standard InChI is InChI=1S/C9H14ClN4O3P/c10-6-1-7-13(18(11,12)17)8-2-4-9(5-3-8)14(15)16/h2-5H,1,6-7H2,(H4,11,12,17). The van der Waals surface area contributed by atoms with Crippen LogP contribution in [0.3, 0.4) is 0 Å². The van der Waals surface area contributed by atoms with Gasteiger partial charge in [-0.2, -0.15) is 0 Å². The highest BCUT2D eigenvalue weighted by molar-refractivity contribution is 7.60. The molecule has 0 bridgehead atoms. The lowest BCUT2D eigenvalue weighted by atomic mass is 10.3. The molecule has 1 aromatic rings. The minimum atomic E-state index is -3.46. The van der Waals surface area contributed by atoms with Gasteiger partial charge in [0.1, 0.15) is 0 Å². The summed E-state index contributed by atoms with van der Waals surface area (Å²) in [5.41, 5.74) is 11.3. The largest absolute Gasteiger partial charge is 0.300 e. The van der Waals surface area contributed by atoms with Crippen molar-refractivity contribution < 1.29 is 9.49 Å². The van der Waals surface area contributed by atoms with Crippen LogP contribution in [0.25, 0.3) is 0 Å². The maximum atomic E-state index is 11.7. The number of nitrogens with zero attached hydrogens (tertiary/aromatic N) is 2. The molecular formula is C9H14ClN4O3P. The van der Waals surface area contributed by atoms with Crippen molar-refractivity contribution in [2.24, 2.45) is 11.0 Å². The molecule has 0 saturated heterocycles. The Morgan fingerprint density at radius 1 is 1.33 bits per heavy atom. The molecule has 100 valence electrons. The molecule has 0 amide bonds. The lowest BCUT2D eigenvalue weighted by Crippen LogP contribution is -2.29. The highest BCUT2D eigenvalue weighted by Crippen LogP contribution is 2.37. The number of nitrogens with two attached hydrogens (primary N) is 2. The van der Waals surface area contributed by atoms with Gasteiger partial charge in [-0.3, -0.25) is 30.4 Å². The van der Waals surface area contributed by atoms with Crippen molar-refractivity contribution in [3.8, 4) is 0 Å². The van der Waals surface area contributed by atoms with Crippen molar-refractivity contribution in [1.82, 2.24) is 0 Å². The van der Waals surface area contributed by atoms with Crippen molar-refractivity contribution in [2.45, 2.75) is 6.42 Å². The number of nitro benzene ring substituents is 1. The van der Waals surface area contributed by atoms with E-state index >= 15 is 0 Å². The van der Waals surface area contributed by atoms with Gasteiger partial charge in [-0.05, 0) is 18.6 Å². The number of nitro groups is 1.